The van der Waals surface area contributed by atoms with Crippen LogP contribution in [0.25, 0.3) is 0 Å². The number of amides is 1. The van der Waals surface area contributed by atoms with Gasteiger partial charge in [-0.2, -0.15) is 4.99 Å². The molecule has 5 heteroatoms. The fraction of sp³-hybridized carbons (Fsp3) is 0.667. The molecule has 1 aliphatic heterocycles. The Kier molecular flexibility index (Phi) is 3.47. The number of rotatable bonds is 3. The number of hydrogen-bond donors (Lipinski definition) is 2. The molecular weight excluding hydrogens is 290 g/mol. The Morgan fingerprint density at radius 3 is 2.52 bits per heavy atom. The number of nitrogens with one attached hydrogen (secondary N) is 2. The van der Waals surface area contributed by atoms with E-state index in [0.717, 1.165) is 42.7 Å². The zero-order chi connectivity index (χ0) is 16.0. The smallest absolute Gasteiger partial charge is 0.258 e. The van der Waals surface area contributed by atoms with Gasteiger partial charge >= 0.3 is 0 Å². The minimum absolute atomic E-state index is 0.0233. The molecule has 5 nitrogen and oxygen atoms in total. The van der Waals surface area contributed by atoms with E-state index in [4.69, 9.17) is 4.74 Å². The first-order valence-corrected chi connectivity index (χ1v) is 8.66. The highest BCUT2D eigenvalue weighted by Gasteiger charge is 2.51. The summed E-state index contributed by atoms with van der Waals surface area (Å²) in [4.78, 5) is 16.5. The molecule has 0 aromatic rings. The number of hydrogen-bond acceptors (Lipinski definition) is 4. The maximum atomic E-state index is 12.4. The van der Waals surface area contributed by atoms with Gasteiger partial charge in [-0.1, -0.05) is 6.58 Å². The van der Waals surface area contributed by atoms with Crippen molar-refractivity contribution < 1.29 is 9.53 Å². The third-order valence-electron chi connectivity index (χ3n) is 5.72. The van der Waals surface area contributed by atoms with E-state index in [-0.39, 0.29) is 18.1 Å². The lowest BCUT2D eigenvalue weighted by Gasteiger charge is -2.56. The van der Waals surface area contributed by atoms with Crippen LogP contribution in [-0.4, -0.2) is 24.0 Å². The summed E-state index contributed by atoms with van der Waals surface area (Å²) >= 11 is 0. The van der Waals surface area contributed by atoms with Crippen LogP contribution in [0.15, 0.2) is 29.2 Å². The number of nitrogens with zero attached hydrogens (tertiary/aromatic N) is 1. The van der Waals surface area contributed by atoms with Crippen LogP contribution < -0.4 is 10.6 Å². The Labute approximate surface area is 137 Å². The zero-order valence-electron chi connectivity index (χ0n) is 13.7. The Balaban J connectivity index is 1.35. The highest BCUT2D eigenvalue weighted by atomic mass is 16.5. The van der Waals surface area contributed by atoms with Crippen LogP contribution in [0.5, 0.6) is 0 Å². The van der Waals surface area contributed by atoms with Gasteiger partial charge in [0.1, 0.15) is 5.82 Å². The number of carbonyl (C=O) groups is 1. The van der Waals surface area contributed by atoms with Crippen molar-refractivity contribution in [1.29, 1.82) is 0 Å². The van der Waals surface area contributed by atoms with Crippen molar-refractivity contribution >= 4 is 11.8 Å². The molecule has 0 radical (unpaired) electrons. The van der Waals surface area contributed by atoms with Gasteiger partial charge in [-0.05, 0) is 63.2 Å². The van der Waals surface area contributed by atoms with Crippen molar-refractivity contribution in [2.75, 3.05) is 6.61 Å². The van der Waals surface area contributed by atoms with E-state index in [2.05, 4.69) is 22.2 Å². The van der Waals surface area contributed by atoms with Gasteiger partial charge in [0.05, 0.1) is 0 Å². The number of ether oxygens (including phenoxy) is 1. The van der Waals surface area contributed by atoms with E-state index >= 15 is 0 Å². The van der Waals surface area contributed by atoms with E-state index < -0.39 is 0 Å². The van der Waals surface area contributed by atoms with Crippen LogP contribution >= 0.6 is 0 Å². The maximum Gasteiger partial charge on any atom is 0.258 e. The third kappa shape index (κ3) is 3.01. The lowest BCUT2D eigenvalue weighted by Crippen LogP contribution is -2.60. The number of aliphatic imine (C=N–C) groups is 1. The summed E-state index contributed by atoms with van der Waals surface area (Å²) in [7, 11) is 0. The predicted octanol–water partition coefficient (Wildman–Crippen LogP) is 2.46. The second-order valence-corrected chi connectivity index (χ2v) is 7.88. The second kappa shape index (κ2) is 5.39. The number of allylic oxidation sites excluding steroid dienone is 1. The standard InChI is InChI=1S/C18H25N3O2/c1-11-3-17(20-12(2)19-11)23-10-16(22)21-18-7-13-4-14(8-18)6-15(5-13)9-18/h3,13-15,19H,2,4-10H2,1H3,(H,21,22). The largest absolute Gasteiger partial charge is 0.467 e. The summed E-state index contributed by atoms with van der Waals surface area (Å²) in [6, 6.07) is 0. The Hall–Kier alpha value is -1.78. The summed E-state index contributed by atoms with van der Waals surface area (Å²) in [6.07, 6.45) is 9.39. The van der Waals surface area contributed by atoms with Crippen LogP contribution in [0.1, 0.15) is 45.4 Å². The molecule has 124 valence electrons. The summed E-state index contributed by atoms with van der Waals surface area (Å²) in [6.45, 7) is 5.71. The van der Waals surface area contributed by atoms with E-state index in [1.807, 2.05) is 6.92 Å². The highest BCUT2D eigenvalue weighted by Crippen LogP contribution is 2.55. The van der Waals surface area contributed by atoms with Gasteiger partial charge in [-0.3, -0.25) is 4.79 Å². The van der Waals surface area contributed by atoms with Gasteiger partial charge < -0.3 is 15.4 Å². The molecule has 23 heavy (non-hydrogen) atoms. The molecule has 0 atom stereocenters. The molecule has 4 fully saturated rings. The molecule has 4 saturated carbocycles. The first kappa shape index (κ1) is 14.8. The molecule has 1 heterocycles. The lowest BCUT2D eigenvalue weighted by atomic mass is 9.53. The predicted molar refractivity (Wildman–Crippen MR) is 88.5 cm³/mol. The molecule has 1 amide bonds. The van der Waals surface area contributed by atoms with Crippen LogP contribution in [0, 0.1) is 17.8 Å². The molecular formula is C18H25N3O2. The van der Waals surface area contributed by atoms with E-state index in [1.54, 1.807) is 6.08 Å². The highest BCUT2D eigenvalue weighted by molar-refractivity contribution is 5.92. The van der Waals surface area contributed by atoms with Crippen LogP contribution in [-0.2, 0) is 9.53 Å². The monoisotopic (exact) mass is 315 g/mol. The van der Waals surface area contributed by atoms with Crippen LogP contribution in [0.4, 0.5) is 0 Å². The summed E-state index contributed by atoms with van der Waals surface area (Å²) in [5, 5.41) is 6.31. The normalized spacial score (nSPS) is 37.8. The van der Waals surface area contributed by atoms with Crippen molar-refractivity contribution in [3.8, 4) is 0 Å². The lowest BCUT2D eigenvalue weighted by molar-refractivity contribution is -0.129. The quantitative estimate of drug-likeness (QED) is 0.841. The molecule has 4 bridgehead atoms. The molecule has 0 saturated heterocycles. The Bertz CT molecular complexity index is 570. The van der Waals surface area contributed by atoms with Gasteiger partial charge in [-0.25, -0.2) is 0 Å². The minimum Gasteiger partial charge on any atom is -0.467 e. The average molecular weight is 315 g/mol. The average Bonchev–Trinajstić information content (AvgIpc) is 2.42. The summed E-state index contributed by atoms with van der Waals surface area (Å²) in [5.41, 5.74) is 0.960. The summed E-state index contributed by atoms with van der Waals surface area (Å²) < 4.78 is 5.56. The topological polar surface area (TPSA) is 62.7 Å². The molecule has 0 unspecified atom stereocenters. The van der Waals surface area contributed by atoms with Crippen LogP contribution in [0.3, 0.4) is 0 Å². The summed E-state index contributed by atoms with van der Waals surface area (Å²) in [5.74, 6) is 3.44. The maximum absolute atomic E-state index is 12.4. The zero-order valence-corrected chi connectivity index (χ0v) is 13.7. The van der Waals surface area contributed by atoms with Crippen molar-refractivity contribution in [2.24, 2.45) is 22.7 Å². The van der Waals surface area contributed by atoms with Crippen molar-refractivity contribution in [3.63, 3.8) is 0 Å². The van der Waals surface area contributed by atoms with Gasteiger partial charge in [0.25, 0.3) is 5.91 Å². The van der Waals surface area contributed by atoms with Crippen LogP contribution in [0.2, 0.25) is 0 Å². The van der Waals surface area contributed by atoms with E-state index in [9.17, 15) is 4.79 Å². The molecule has 0 aromatic heterocycles. The first-order valence-electron chi connectivity index (χ1n) is 8.66. The molecule has 2 N–H and O–H groups in total. The molecule has 4 aliphatic carbocycles. The second-order valence-electron chi connectivity index (χ2n) is 7.88. The Morgan fingerprint density at radius 2 is 1.96 bits per heavy atom. The number of carbonyl (C=O) groups excluding carboxylic acids is 1. The van der Waals surface area contributed by atoms with Gasteiger partial charge in [0, 0.05) is 17.3 Å². The molecule has 5 aliphatic rings. The molecule has 0 spiro atoms. The van der Waals surface area contributed by atoms with E-state index in [0.29, 0.717) is 11.7 Å². The first-order chi connectivity index (χ1) is 11.0. The van der Waals surface area contributed by atoms with Crippen molar-refractivity contribution in [2.45, 2.75) is 51.0 Å². The fourth-order valence-corrected chi connectivity index (χ4v) is 5.45. The van der Waals surface area contributed by atoms with E-state index in [1.165, 1.54) is 19.3 Å². The van der Waals surface area contributed by atoms with Gasteiger partial charge in [0.15, 0.2) is 6.61 Å². The molecule has 5 rings (SSSR count). The minimum atomic E-state index is -0.0233. The van der Waals surface area contributed by atoms with Crippen molar-refractivity contribution in [1.82, 2.24) is 10.6 Å². The van der Waals surface area contributed by atoms with Gasteiger partial charge in [-0.15, -0.1) is 0 Å². The Morgan fingerprint density at radius 1 is 1.35 bits per heavy atom. The molecule has 0 aromatic carbocycles. The third-order valence-corrected chi connectivity index (χ3v) is 5.72. The SMILES string of the molecule is C=C1N=C(OCC(=O)NC23CC4CC(CC(C4)C2)C3)C=C(C)N1. The van der Waals surface area contributed by atoms with Crippen molar-refractivity contribution in [3.05, 3.63) is 24.2 Å². The fourth-order valence-electron chi connectivity index (χ4n) is 5.45. The van der Waals surface area contributed by atoms with Gasteiger partial charge in [0.2, 0.25) is 5.90 Å².